The van der Waals surface area contributed by atoms with E-state index in [2.05, 4.69) is 5.32 Å². The zero-order chi connectivity index (χ0) is 12.3. The second-order valence-electron chi connectivity index (χ2n) is 5.57. The largest absolute Gasteiger partial charge is 0.481 e. The van der Waals surface area contributed by atoms with Crippen LogP contribution in [0, 0.1) is 11.8 Å². The van der Waals surface area contributed by atoms with E-state index in [0.29, 0.717) is 5.92 Å². The van der Waals surface area contributed by atoms with E-state index >= 15 is 0 Å². The smallest absolute Gasteiger partial charge is 0.306 e. The molecule has 0 amide bonds. The number of hydrogen-bond acceptors (Lipinski definition) is 3. The highest BCUT2D eigenvalue weighted by Gasteiger charge is 2.28. The van der Waals surface area contributed by atoms with Crippen LogP contribution in [0.2, 0.25) is 0 Å². The molecule has 4 nitrogen and oxygen atoms in total. The summed E-state index contributed by atoms with van der Waals surface area (Å²) >= 11 is 0. The molecule has 2 rings (SSSR count). The van der Waals surface area contributed by atoms with Crippen LogP contribution in [0.3, 0.4) is 0 Å². The number of aliphatic hydroxyl groups is 1. The van der Waals surface area contributed by atoms with E-state index in [1.54, 1.807) is 0 Å². The second-order valence-corrected chi connectivity index (χ2v) is 5.57. The summed E-state index contributed by atoms with van der Waals surface area (Å²) in [5, 5.41) is 22.1. The molecule has 0 saturated heterocycles. The molecular weight excluding hydrogens is 218 g/mol. The Morgan fingerprint density at radius 2 is 1.82 bits per heavy atom. The lowest BCUT2D eigenvalue weighted by molar-refractivity contribution is -0.143. The number of aliphatic hydroxyl groups excluding tert-OH is 1. The third-order valence-electron chi connectivity index (χ3n) is 4.34. The van der Waals surface area contributed by atoms with E-state index in [1.165, 1.54) is 0 Å². The third kappa shape index (κ3) is 3.42. The van der Waals surface area contributed by atoms with Crippen molar-refractivity contribution < 1.29 is 15.0 Å². The third-order valence-corrected chi connectivity index (χ3v) is 4.34. The Bertz CT molecular complexity index is 261. The SMILES string of the molecule is O=C(O)C1CCC(CNC2CCCC2O)CC1. The van der Waals surface area contributed by atoms with Crippen molar-refractivity contribution in [3.63, 3.8) is 0 Å². The first-order valence-electron chi connectivity index (χ1n) is 6.81. The summed E-state index contributed by atoms with van der Waals surface area (Å²) in [6, 6.07) is 0.271. The van der Waals surface area contributed by atoms with E-state index in [1.807, 2.05) is 0 Å². The summed E-state index contributed by atoms with van der Waals surface area (Å²) in [5.41, 5.74) is 0. The fourth-order valence-corrected chi connectivity index (χ4v) is 3.11. The van der Waals surface area contributed by atoms with Crippen molar-refractivity contribution in [3.05, 3.63) is 0 Å². The molecule has 2 aliphatic rings. The predicted molar refractivity (Wildman–Crippen MR) is 64.7 cm³/mol. The molecule has 17 heavy (non-hydrogen) atoms. The van der Waals surface area contributed by atoms with Crippen LogP contribution in [0.4, 0.5) is 0 Å². The van der Waals surface area contributed by atoms with Crippen molar-refractivity contribution in [2.45, 2.75) is 57.1 Å². The number of carboxylic acids is 1. The Morgan fingerprint density at radius 1 is 1.12 bits per heavy atom. The maximum Gasteiger partial charge on any atom is 0.306 e. The van der Waals surface area contributed by atoms with Crippen molar-refractivity contribution >= 4 is 5.97 Å². The van der Waals surface area contributed by atoms with Gasteiger partial charge in [0.15, 0.2) is 0 Å². The van der Waals surface area contributed by atoms with Gasteiger partial charge in [-0.15, -0.1) is 0 Å². The van der Waals surface area contributed by atoms with Gasteiger partial charge < -0.3 is 15.5 Å². The first-order chi connectivity index (χ1) is 8.16. The van der Waals surface area contributed by atoms with Crippen molar-refractivity contribution in [1.29, 1.82) is 0 Å². The summed E-state index contributed by atoms with van der Waals surface area (Å²) in [6.07, 6.45) is 6.58. The van der Waals surface area contributed by atoms with Gasteiger partial charge in [-0.2, -0.15) is 0 Å². The van der Waals surface area contributed by atoms with Crippen LogP contribution in [0.25, 0.3) is 0 Å². The van der Waals surface area contributed by atoms with Gasteiger partial charge in [-0.25, -0.2) is 0 Å². The average molecular weight is 241 g/mol. The van der Waals surface area contributed by atoms with E-state index in [4.69, 9.17) is 5.11 Å². The molecule has 2 aliphatic carbocycles. The van der Waals surface area contributed by atoms with Crippen LogP contribution in [0.5, 0.6) is 0 Å². The Labute approximate surface area is 102 Å². The second kappa shape index (κ2) is 5.83. The van der Waals surface area contributed by atoms with Gasteiger partial charge >= 0.3 is 5.97 Å². The van der Waals surface area contributed by atoms with E-state index in [0.717, 1.165) is 51.5 Å². The number of nitrogens with one attached hydrogen (secondary N) is 1. The van der Waals surface area contributed by atoms with Crippen LogP contribution in [-0.2, 0) is 4.79 Å². The molecule has 3 N–H and O–H groups in total. The zero-order valence-corrected chi connectivity index (χ0v) is 10.3. The van der Waals surface area contributed by atoms with E-state index < -0.39 is 5.97 Å². The fraction of sp³-hybridized carbons (Fsp3) is 0.923. The fourth-order valence-electron chi connectivity index (χ4n) is 3.11. The number of rotatable bonds is 4. The van der Waals surface area contributed by atoms with Gasteiger partial charge in [0.25, 0.3) is 0 Å². The van der Waals surface area contributed by atoms with Gasteiger partial charge in [-0.1, -0.05) is 0 Å². The van der Waals surface area contributed by atoms with Crippen molar-refractivity contribution in [2.24, 2.45) is 11.8 Å². The van der Waals surface area contributed by atoms with Crippen LogP contribution >= 0.6 is 0 Å². The minimum absolute atomic E-state index is 0.122. The van der Waals surface area contributed by atoms with E-state index in [9.17, 15) is 9.90 Å². The summed E-state index contributed by atoms with van der Waals surface area (Å²) in [4.78, 5) is 10.8. The average Bonchev–Trinajstić information content (AvgIpc) is 2.73. The highest BCUT2D eigenvalue weighted by Crippen LogP contribution is 2.29. The standard InChI is InChI=1S/C13H23NO3/c15-12-3-1-2-11(12)14-8-9-4-6-10(7-5-9)13(16)17/h9-12,14-15H,1-8H2,(H,16,17). The Morgan fingerprint density at radius 3 is 2.35 bits per heavy atom. The Balaban J connectivity index is 1.66. The molecular formula is C13H23NO3. The van der Waals surface area contributed by atoms with Gasteiger partial charge in [-0.05, 0) is 57.4 Å². The monoisotopic (exact) mass is 241 g/mol. The quantitative estimate of drug-likeness (QED) is 0.695. The lowest BCUT2D eigenvalue weighted by atomic mass is 9.82. The molecule has 0 aromatic carbocycles. The molecule has 0 bridgehead atoms. The van der Waals surface area contributed by atoms with Crippen LogP contribution < -0.4 is 5.32 Å². The maximum atomic E-state index is 10.8. The van der Waals surface area contributed by atoms with E-state index in [-0.39, 0.29) is 18.1 Å². The Kier molecular flexibility index (Phi) is 4.40. The molecule has 4 heteroatoms. The van der Waals surface area contributed by atoms with Crippen LogP contribution in [-0.4, -0.2) is 34.9 Å². The van der Waals surface area contributed by atoms with Crippen molar-refractivity contribution in [3.8, 4) is 0 Å². The first-order valence-corrected chi connectivity index (χ1v) is 6.81. The lowest BCUT2D eigenvalue weighted by Gasteiger charge is -2.28. The molecule has 0 spiro atoms. The van der Waals surface area contributed by atoms with Gasteiger partial charge in [0.2, 0.25) is 0 Å². The minimum atomic E-state index is -0.636. The summed E-state index contributed by atoms with van der Waals surface area (Å²) < 4.78 is 0. The summed E-state index contributed by atoms with van der Waals surface area (Å²) in [7, 11) is 0. The molecule has 2 fully saturated rings. The summed E-state index contributed by atoms with van der Waals surface area (Å²) in [6.45, 7) is 0.939. The maximum absolute atomic E-state index is 10.8. The number of carbonyl (C=O) groups is 1. The molecule has 2 atom stereocenters. The molecule has 2 saturated carbocycles. The number of carboxylic acid groups (broad SMARTS) is 1. The molecule has 0 aromatic heterocycles. The zero-order valence-electron chi connectivity index (χ0n) is 10.3. The number of aliphatic carboxylic acids is 1. The van der Waals surface area contributed by atoms with Gasteiger partial charge in [0, 0.05) is 6.04 Å². The number of hydrogen-bond donors (Lipinski definition) is 3. The van der Waals surface area contributed by atoms with Crippen LogP contribution in [0.15, 0.2) is 0 Å². The molecule has 0 aliphatic heterocycles. The Hall–Kier alpha value is -0.610. The molecule has 0 heterocycles. The van der Waals surface area contributed by atoms with Gasteiger partial charge in [0.05, 0.1) is 12.0 Å². The first kappa shape index (κ1) is 12.8. The van der Waals surface area contributed by atoms with Crippen molar-refractivity contribution in [1.82, 2.24) is 5.32 Å². The van der Waals surface area contributed by atoms with Crippen molar-refractivity contribution in [2.75, 3.05) is 6.54 Å². The minimum Gasteiger partial charge on any atom is -0.481 e. The molecule has 0 aromatic rings. The van der Waals surface area contributed by atoms with Gasteiger partial charge in [0.1, 0.15) is 0 Å². The highest BCUT2D eigenvalue weighted by molar-refractivity contribution is 5.69. The lowest BCUT2D eigenvalue weighted by Crippen LogP contribution is -2.39. The normalized spacial score (nSPS) is 38.2. The molecule has 0 radical (unpaired) electrons. The molecule has 2 unspecified atom stereocenters. The predicted octanol–water partition coefficient (Wildman–Crippen LogP) is 1.38. The summed E-state index contributed by atoms with van der Waals surface area (Å²) in [5.74, 6) is -0.163. The molecule has 98 valence electrons. The van der Waals surface area contributed by atoms with Gasteiger partial charge in [-0.3, -0.25) is 4.79 Å². The van der Waals surface area contributed by atoms with Crippen LogP contribution in [0.1, 0.15) is 44.9 Å². The highest BCUT2D eigenvalue weighted by atomic mass is 16.4. The topological polar surface area (TPSA) is 69.6 Å².